The van der Waals surface area contributed by atoms with Gasteiger partial charge >= 0.3 is 0 Å². The lowest BCUT2D eigenvalue weighted by atomic mass is 10.1. The van der Waals surface area contributed by atoms with Gasteiger partial charge in [-0.15, -0.1) is 11.3 Å². The summed E-state index contributed by atoms with van der Waals surface area (Å²) in [6.07, 6.45) is 0. The monoisotopic (exact) mass is 243 g/mol. The standard InChI is InChI=1S/C11H17NO3S/c1-8-4-9(16-5-8)10(13)12-6-11(2,14)7-15-3/h4-5,14H,6-7H2,1-3H3,(H,12,13)/t11-/m1/s1. The number of hydrogen-bond acceptors (Lipinski definition) is 4. The number of ether oxygens (including phenoxy) is 1. The van der Waals surface area contributed by atoms with Gasteiger partial charge in [-0.25, -0.2) is 0 Å². The molecule has 1 atom stereocenters. The van der Waals surface area contributed by atoms with E-state index < -0.39 is 5.60 Å². The third-order valence-corrected chi connectivity index (χ3v) is 3.09. The van der Waals surface area contributed by atoms with Gasteiger partial charge in [0.15, 0.2) is 0 Å². The van der Waals surface area contributed by atoms with Crippen molar-refractivity contribution >= 4 is 17.2 Å². The van der Waals surface area contributed by atoms with Gasteiger partial charge in [-0.1, -0.05) is 0 Å². The zero-order valence-electron chi connectivity index (χ0n) is 9.74. The first-order valence-electron chi connectivity index (χ1n) is 4.99. The maximum absolute atomic E-state index is 11.7. The highest BCUT2D eigenvalue weighted by Crippen LogP contribution is 2.13. The Morgan fingerprint density at radius 2 is 2.38 bits per heavy atom. The highest BCUT2D eigenvalue weighted by molar-refractivity contribution is 7.12. The van der Waals surface area contributed by atoms with Crippen molar-refractivity contribution in [1.82, 2.24) is 5.32 Å². The van der Waals surface area contributed by atoms with Crippen LogP contribution in [0.2, 0.25) is 0 Å². The molecule has 0 aliphatic carbocycles. The SMILES string of the molecule is COC[C@](C)(O)CNC(=O)c1cc(C)cs1. The molecular formula is C11H17NO3S. The summed E-state index contributed by atoms with van der Waals surface area (Å²) in [5, 5.41) is 14.4. The van der Waals surface area contributed by atoms with E-state index in [4.69, 9.17) is 4.74 Å². The number of aryl methyl sites for hydroxylation is 1. The molecule has 5 heteroatoms. The molecule has 0 spiro atoms. The topological polar surface area (TPSA) is 58.6 Å². The normalized spacial score (nSPS) is 14.5. The molecule has 0 fully saturated rings. The summed E-state index contributed by atoms with van der Waals surface area (Å²) in [5.74, 6) is -0.158. The van der Waals surface area contributed by atoms with E-state index in [2.05, 4.69) is 5.32 Å². The smallest absolute Gasteiger partial charge is 0.261 e. The zero-order chi connectivity index (χ0) is 12.2. The molecule has 0 bridgehead atoms. The Morgan fingerprint density at radius 1 is 1.69 bits per heavy atom. The summed E-state index contributed by atoms with van der Waals surface area (Å²) in [4.78, 5) is 12.3. The first-order valence-corrected chi connectivity index (χ1v) is 5.87. The highest BCUT2D eigenvalue weighted by Gasteiger charge is 2.21. The third kappa shape index (κ3) is 3.92. The number of nitrogens with one attached hydrogen (secondary N) is 1. The first kappa shape index (κ1) is 13.2. The summed E-state index contributed by atoms with van der Waals surface area (Å²) >= 11 is 1.40. The van der Waals surface area contributed by atoms with Gasteiger partial charge in [0, 0.05) is 13.7 Å². The Labute approximate surface area is 99.2 Å². The fraction of sp³-hybridized carbons (Fsp3) is 0.545. The lowest BCUT2D eigenvalue weighted by Crippen LogP contribution is -2.43. The molecule has 1 rings (SSSR count). The van der Waals surface area contributed by atoms with Gasteiger partial charge in [0.25, 0.3) is 5.91 Å². The molecule has 4 nitrogen and oxygen atoms in total. The largest absolute Gasteiger partial charge is 0.386 e. The van der Waals surface area contributed by atoms with Crippen molar-refractivity contribution in [3.8, 4) is 0 Å². The molecule has 90 valence electrons. The predicted octanol–water partition coefficient (Wildman–Crippen LogP) is 1.18. The fourth-order valence-corrected chi connectivity index (χ4v) is 2.08. The first-order chi connectivity index (χ1) is 7.44. The van der Waals surface area contributed by atoms with Gasteiger partial charge in [-0.2, -0.15) is 0 Å². The van der Waals surface area contributed by atoms with Crippen LogP contribution in [0.1, 0.15) is 22.2 Å². The molecule has 0 saturated heterocycles. The van der Waals surface area contributed by atoms with Crippen LogP contribution in [0.5, 0.6) is 0 Å². The van der Waals surface area contributed by atoms with Gasteiger partial charge in [-0.3, -0.25) is 4.79 Å². The molecule has 1 aromatic heterocycles. The van der Waals surface area contributed by atoms with Crippen molar-refractivity contribution in [1.29, 1.82) is 0 Å². The minimum atomic E-state index is -1.03. The van der Waals surface area contributed by atoms with Crippen molar-refractivity contribution in [2.75, 3.05) is 20.3 Å². The maximum Gasteiger partial charge on any atom is 0.261 e. The molecule has 0 unspecified atom stereocenters. The summed E-state index contributed by atoms with van der Waals surface area (Å²) in [5.41, 5.74) is 0.0373. The van der Waals surface area contributed by atoms with Crippen LogP contribution in [0.15, 0.2) is 11.4 Å². The third-order valence-electron chi connectivity index (χ3n) is 2.04. The Morgan fingerprint density at radius 3 is 2.88 bits per heavy atom. The van der Waals surface area contributed by atoms with Crippen LogP contribution in [-0.4, -0.2) is 36.9 Å². The van der Waals surface area contributed by atoms with Crippen molar-refractivity contribution in [2.24, 2.45) is 0 Å². The second-order valence-electron chi connectivity index (χ2n) is 4.10. The second kappa shape index (κ2) is 5.43. The molecule has 16 heavy (non-hydrogen) atoms. The number of carbonyl (C=O) groups is 1. The Hall–Kier alpha value is -0.910. The van der Waals surface area contributed by atoms with Crippen LogP contribution in [0, 0.1) is 6.92 Å². The number of rotatable bonds is 5. The molecule has 0 radical (unpaired) electrons. The van der Waals surface area contributed by atoms with Crippen LogP contribution in [-0.2, 0) is 4.74 Å². The van der Waals surface area contributed by atoms with Crippen LogP contribution in [0.3, 0.4) is 0 Å². The van der Waals surface area contributed by atoms with Gasteiger partial charge in [0.1, 0.15) is 5.60 Å². The van der Waals surface area contributed by atoms with E-state index in [0.717, 1.165) is 5.56 Å². The fourth-order valence-electron chi connectivity index (χ4n) is 1.27. The lowest BCUT2D eigenvalue weighted by molar-refractivity contribution is -0.0146. The average molecular weight is 243 g/mol. The van der Waals surface area contributed by atoms with Gasteiger partial charge < -0.3 is 15.2 Å². The van der Waals surface area contributed by atoms with E-state index in [0.29, 0.717) is 4.88 Å². The second-order valence-corrected chi connectivity index (χ2v) is 5.01. The quantitative estimate of drug-likeness (QED) is 0.816. The number of thiophene rings is 1. The van der Waals surface area contributed by atoms with E-state index in [-0.39, 0.29) is 19.1 Å². The Kier molecular flexibility index (Phi) is 4.46. The molecule has 0 saturated carbocycles. The van der Waals surface area contributed by atoms with Gasteiger partial charge in [-0.05, 0) is 30.9 Å². The number of carbonyl (C=O) groups excluding carboxylic acids is 1. The minimum absolute atomic E-state index is 0.158. The van der Waals surface area contributed by atoms with Crippen molar-refractivity contribution in [3.63, 3.8) is 0 Å². The van der Waals surface area contributed by atoms with E-state index >= 15 is 0 Å². The summed E-state index contributed by atoms with van der Waals surface area (Å²) in [6.45, 7) is 3.93. The van der Waals surface area contributed by atoms with Crippen LogP contribution in [0.25, 0.3) is 0 Å². The van der Waals surface area contributed by atoms with E-state index in [1.54, 1.807) is 6.92 Å². The van der Waals surface area contributed by atoms with Crippen molar-refractivity contribution in [3.05, 3.63) is 21.9 Å². The molecule has 0 aliphatic heterocycles. The van der Waals surface area contributed by atoms with Crippen LogP contribution < -0.4 is 5.32 Å². The Balaban J connectivity index is 2.47. The van der Waals surface area contributed by atoms with E-state index in [9.17, 15) is 9.90 Å². The van der Waals surface area contributed by atoms with Crippen LogP contribution in [0.4, 0.5) is 0 Å². The van der Waals surface area contributed by atoms with Crippen molar-refractivity contribution < 1.29 is 14.6 Å². The minimum Gasteiger partial charge on any atom is -0.386 e. The predicted molar refractivity (Wildman–Crippen MR) is 63.9 cm³/mol. The molecule has 1 aromatic rings. The highest BCUT2D eigenvalue weighted by atomic mass is 32.1. The number of hydrogen-bond donors (Lipinski definition) is 2. The molecule has 0 aromatic carbocycles. The number of amides is 1. The van der Waals surface area contributed by atoms with E-state index in [1.165, 1.54) is 18.4 Å². The molecule has 2 N–H and O–H groups in total. The average Bonchev–Trinajstić information content (AvgIpc) is 2.61. The van der Waals surface area contributed by atoms with Crippen LogP contribution >= 0.6 is 11.3 Å². The summed E-state index contributed by atoms with van der Waals surface area (Å²) in [7, 11) is 1.51. The summed E-state index contributed by atoms with van der Waals surface area (Å²) < 4.78 is 4.85. The van der Waals surface area contributed by atoms with Gasteiger partial charge in [0.05, 0.1) is 11.5 Å². The number of methoxy groups -OCH3 is 1. The molecule has 1 heterocycles. The maximum atomic E-state index is 11.7. The Bertz CT molecular complexity index is 360. The van der Waals surface area contributed by atoms with E-state index in [1.807, 2.05) is 18.4 Å². The zero-order valence-corrected chi connectivity index (χ0v) is 10.6. The van der Waals surface area contributed by atoms with Crippen molar-refractivity contribution in [2.45, 2.75) is 19.4 Å². The van der Waals surface area contributed by atoms with Gasteiger partial charge in [0.2, 0.25) is 0 Å². The lowest BCUT2D eigenvalue weighted by Gasteiger charge is -2.22. The number of aliphatic hydroxyl groups is 1. The molecule has 0 aliphatic rings. The summed E-state index contributed by atoms with van der Waals surface area (Å²) in [6, 6.07) is 1.82. The molecule has 1 amide bonds. The molecular weight excluding hydrogens is 226 g/mol.